The summed E-state index contributed by atoms with van der Waals surface area (Å²) in [5.41, 5.74) is 0.259. The number of aromatic nitrogens is 2. The second kappa shape index (κ2) is 8.44. The number of morpholine rings is 1. The predicted octanol–water partition coefficient (Wildman–Crippen LogP) is 2.85. The zero-order chi connectivity index (χ0) is 16.5. The van der Waals surface area contributed by atoms with E-state index in [9.17, 15) is 13.2 Å². The molecular weight excluding hydrogens is 309 g/mol. The summed E-state index contributed by atoms with van der Waals surface area (Å²) in [4.78, 5) is 7.21. The van der Waals surface area contributed by atoms with Crippen LogP contribution in [0.4, 0.5) is 24.5 Å². The second-order valence-corrected chi connectivity index (χ2v) is 4.66. The molecule has 1 aliphatic rings. The lowest BCUT2D eigenvalue weighted by Crippen LogP contribution is -2.30. The fourth-order valence-electron chi connectivity index (χ4n) is 1.75. The quantitative estimate of drug-likeness (QED) is 0.889. The van der Waals surface area contributed by atoms with Crippen LogP contribution in [0.3, 0.4) is 0 Å². The van der Waals surface area contributed by atoms with Gasteiger partial charge in [0.25, 0.3) is 0 Å². The fraction of sp³-hybridized carbons (Fsp3) is 0.333. The van der Waals surface area contributed by atoms with Crippen molar-refractivity contribution in [1.29, 1.82) is 0 Å². The summed E-state index contributed by atoms with van der Waals surface area (Å²) in [5.74, 6) is 0. The molecule has 23 heavy (non-hydrogen) atoms. The average molecular weight is 326 g/mol. The van der Waals surface area contributed by atoms with Crippen LogP contribution >= 0.6 is 0 Å². The topological polar surface area (TPSA) is 59.1 Å². The summed E-state index contributed by atoms with van der Waals surface area (Å²) in [6.07, 6.45) is -0.101. The Hall–Kier alpha value is -2.19. The van der Waals surface area contributed by atoms with E-state index in [1.165, 1.54) is 6.07 Å². The van der Waals surface area contributed by atoms with Gasteiger partial charge in [-0.05, 0) is 24.3 Å². The molecule has 0 bridgehead atoms. The smallest absolute Gasteiger partial charge is 0.379 e. The van der Waals surface area contributed by atoms with Crippen molar-refractivity contribution in [3.63, 3.8) is 0 Å². The normalized spacial score (nSPS) is 14.6. The maximum atomic E-state index is 12.3. The van der Waals surface area contributed by atoms with Crippen molar-refractivity contribution in [3.8, 4) is 0 Å². The highest BCUT2D eigenvalue weighted by molar-refractivity contribution is 5.57. The molecule has 3 rings (SSSR count). The third kappa shape index (κ3) is 6.21. The van der Waals surface area contributed by atoms with Crippen molar-refractivity contribution in [2.75, 3.05) is 31.6 Å². The summed E-state index contributed by atoms with van der Waals surface area (Å²) in [6, 6.07) is 5.73. The Balaban J connectivity index is 0.000000268. The molecule has 2 N–H and O–H groups in total. The molecule has 0 amide bonds. The molecule has 5 nitrogen and oxygen atoms in total. The van der Waals surface area contributed by atoms with Crippen LogP contribution in [0, 0.1) is 0 Å². The minimum Gasteiger partial charge on any atom is -0.379 e. The van der Waals surface area contributed by atoms with Crippen molar-refractivity contribution in [1.82, 2.24) is 15.3 Å². The number of hydrogen-bond donors (Lipinski definition) is 2. The van der Waals surface area contributed by atoms with Crippen LogP contribution in [0.1, 0.15) is 5.69 Å². The lowest BCUT2D eigenvalue weighted by Gasteiger charge is -2.10. The summed E-state index contributed by atoms with van der Waals surface area (Å²) < 4.78 is 41.8. The molecule has 1 saturated heterocycles. The summed E-state index contributed by atoms with van der Waals surface area (Å²) in [7, 11) is 0. The van der Waals surface area contributed by atoms with Crippen molar-refractivity contribution >= 4 is 11.4 Å². The van der Waals surface area contributed by atoms with Gasteiger partial charge in [-0.3, -0.25) is 4.98 Å². The number of nitrogens with zero attached hydrogens (tertiary/aromatic N) is 2. The number of pyridine rings is 2. The molecular formula is C15H17F3N4O. The largest absolute Gasteiger partial charge is 0.433 e. The van der Waals surface area contributed by atoms with Gasteiger partial charge in [0, 0.05) is 19.3 Å². The Bertz CT molecular complexity index is 560. The predicted molar refractivity (Wildman–Crippen MR) is 80.4 cm³/mol. The zero-order valence-corrected chi connectivity index (χ0v) is 12.3. The van der Waals surface area contributed by atoms with Gasteiger partial charge in [0.05, 0.1) is 37.0 Å². The first-order valence-corrected chi connectivity index (χ1v) is 7.04. The van der Waals surface area contributed by atoms with E-state index in [0.29, 0.717) is 11.4 Å². The molecule has 3 heterocycles. The molecule has 2 aromatic rings. The van der Waals surface area contributed by atoms with Crippen molar-refractivity contribution in [2.24, 2.45) is 0 Å². The lowest BCUT2D eigenvalue weighted by atomic mass is 10.3. The summed E-state index contributed by atoms with van der Waals surface area (Å²) in [6.45, 7) is 3.83. The highest BCUT2D eigenvalue weighted by Crippen LogP contribution is 2.28. The van der Waals surface area contributed by atoms with E-state index in [4.69, 9.17) is 4.74 Å². The van der Waals surface area contributed by atoms with E-state index in [0.717, 1.165) is 38.6 Å². The van der Waals surface area contributed by atoms with Gasteiger partial charge in [-0.15, -0.1) is 0 Å². The standard InChI is InChI=1S/C11H8F3N3.C4H9NO/c12-11(13,14)10-4-3-9(7-16-10)17-8-2-1-5-15-6-8;1-3-6-4-2-5-1/h1-7,17H;5H,1-4H2. The van der Waals surface area contributed by atoms with E-state index in [-0.39, 0.29) is 0 Å². The van der Waals surface area contributed by atoms with E-state index in [1.807, 2.05) is 0 Å². The average Bonchev–Trinajstić information content (AvgIpc) is 2.58. The first kappa shape index (κ1) is 17.2. The minimum absolute atomic E-state index is 0.478. The number of alkyl halides is 3. The Morgan fingerprint density at radius 2 is 1.78 bits per heavy atom. The number of rotatable bonds is 2. The molecule has 0 spiro atoms. The minimum atomic E-state index is -4.41. The number of halogens is 3. The van der Waals surface area contributed by atoms with Crippen LogP contribution in [0.15, 0.2) is 42.9 Å². The van der Waals surface area contributed by atoms with Crippen molar-refractivity contribution < 1.29 is 17.9 Å². The van der Waals surface area contributed by atoms with Gasteiger partial charge in [-0.2, -0.15) is 13.2 Å². The molecule has 124 valence electrons. The first-order valence-electron chi connectivity index (χ1n) is 7.04. The van der Waals surface area contributed by atoms with Gasteiger partial charge >= 0.3 is 6.18 Å². The van der Waals surface area contributed by atoms with E-state index in [1.54, 1.807) is 24.5 Å². The SMILES string of the molecule is C1COCCN1.FC(F)(F)c1ccc(Nc2cccnc2)cn1. The number of hydrogen-bond acceptors (Lipinski definition) is 5. The van der Waals surface area contributed by atoms with Crippen molar-refractivity contribution in [2.45, 2.75) is 6.18 Å². The highest BCUT2D eigenvalue weighted by atomic mass is 19.4. The zero-order valence-electron chi connectivity index (χ0n) is 12.3. The van der Waals surface area contributed by atoms with Gasteiger partial charge in [0.1, 0.15) is 5.69 Å². The maximum Gasteiger partial charge on any atom is 0.433 e. The first-order chi connectivity index (χ1) is 11.1. The Labute approximate surface area is 131 Å². The molecule has 0 atom stereocenters. The van der Waals surface area contributed by atoms with Crippen LogP contribution in [-0.2, 0) is 10.9 Å². The third-order valence-electron chi connectivity index (χ3n) is 2.85. The van der Waals surface area contributed by atoms with Crippen LogP contribution in [-0.4, -0.2) is 36.3 Å². The summed E-state index contributed by atoms with van der Waals surface area (Å²) >= 11 is 0. The lowest BCUT2D eigenvalue weighted by molar-refractivity contribution is -0.141. The molecule has 0 unspecified atom stereocenters. The van der Waals surface area contributed by atoms with Gasteiger partial charge in [-0.25, -0.2) is 4.98 Å². The van der Waals surface area contributed by atoms with Gasteiger partial charge in [0.15, 0.2) is 0 Å². The molecule has 1 fully saturated rings. The van der Waals surface area contributed by atoms with E-state index < -0.39 is 11.9 Å². The van der Waals surface area contributed by atoms with Crippen LogP contribution < -0.4 is 10.6 Å². The van der Waals surface area contributed by atoms with Crippen LogP contribution in [0.2, 0.25) is 0 Å². The van der Waals surface area contributed by atoms with E-state index in [2.05, 4.69) is 20.6 Å². The fourth-order valence-corrected chi connectivity index (χ4v) is 1.75. The van der Waals surface area contributed by atoms with E-state index >= 15 is 0 Å². The van der Waals surface area contributed by atoms with Crippen molar-refractivity contribution in [3.05, 3.63) is 48.5 Å². The molecule has 0 saturated carbocycles. The monoisotopic (exact) mass is 326 g/mol. The Morgan fingerprint density at radius 1 is 1.04 bits per heavy atom. The number of ether oxygens (including phenoxy) is 1. The third-order valence-corrected chi connectivity index (χ3v) is 2.85. The number of nitrogens with one attached hydrogen (secondary N) is 2. The molecule has 8 heteroatoms. The maximum absolute atomic E-state index is 12.3. The van der Waals surface area contributed by atoms with Gasteiger partial charge in [-0.1, -0.05) is 0 Å². The Morgan fingerprint density at radius 3 is 2.22 bits per heavy atom. The molecule has 0 aliphatic carbocycles. The summed E-state index contributed by atoms with van der Waals surface area (Å²) in [5, 5.41) is 6.05. The molecule has 0 aromatic carbocycles. The van der Waals surface area contributed by atoms with Crippen LogP contribution in [0.25, 0.3) is 0 Å². The molecule has 0 radical (unpaired) electrons. The Kier molecular flexibility index (Phi) is 6.30. The highest BCUT2D eigenvalue weighted by Gasteiger charge is 2.31. The molecule has 2 aromatic heterocycles. The van der Waals surface area contributed by atoms with Gasteiger partial charge < -0.3 is 15.4 Å². The second-order valence-electron chi connectivity index (χ2n) is 4.66. The molecule has 1 aliphatic heterocycles. The van der Waals surface area contributed by atoms with Gasteiger partial charge in [0.2, 0.25) is 0 Å². The number of anilines is 2. The van der Waals surface area contributed by atoms with Crippen LogP contribution in [0.5, 0.6) is 0 Å².